The van der Waals surface area contributed by atoms with E-state index in [4.69, 9.17) is 0 Å². The summed E-state index contributed by atoms with van der Waals surface area (Å²) in [5.74, 6) is 0.569. The lowest BCUT2D eigenvalue weighted by molar-refractivity contribution is 0.0930. The minimum Gasteiger partial charge on any atom is -0.349 e. The van der Waals surface area contributed by atoms with Crippen LogP contribution >= 0.6 is 47.8 Å². The number of amides is 1. The van der Waals surface area contributed by atoms with Crippen LogP contribution in [0.2, 0.25) is 0 Å². The molecule has 1 aliphatic rings. The molecule has 0 spiro atoms. The number of hydrogen-bond acceptors (Lipinski definition) is 1. The van der Waals surface area contributed by atoms with Crippen molar-refractivity contribution >= 4 is 53.7 Å². The first-order valence-electron chi connectivity index (χ1n) is 5.93. The van der Waals surface area contributed by atoms with E-state index in [0.29, 0.717) is 17.5 Å². The number of alkyl halides is 1. The molecule has 1 N–H and O–H groups in total. The summed E-state index contributed by atoms with van der Waals surface area (Å²) in [5.41, 5.74) is 0.691. The van der Waals surface area contributed by atoms with Gasteiger partial charge in [0.15, 0.2) is 0 Å². The SMILES string of the molecule is O=C(NC1CCCC1CBr)c1cc(Br)cc(Br)c1. The van der Waals surface area contributed by atoms with Gasteiger partial charge in [-0.3, -0.25) is 4.79 Å². The van der Waals surface area contributed by atoms with Gasteiger partial charge in [-0.1, -0.05) is 54.2 Å². The molecule has 18 heavy (non-hydrogen) atoms. The highest BCUT2D eigenvalue weighted by Gasteiger charge is 2.27. The fourth-order valence-corrected chi connectivity index (χ4v) is 4.42. The van der Waals surface area contributed by atoms with E-state index in [2.05, 4.69) is 53.1 Å². The highest BCUT2D eigenvalue weighted by atomic mass is 79.9. The third-order valence-electron chi connectivity index (χ3n) is 3.30. The highest BCUT2D eigenvalue weighted by Crippen LogP contribution is 2.28. The molecule has 0 heterocycles. The molecular formula is C13H14Br3NO. The molecule has 0 saturated heterocycles. The Kier molecular flexibility index (Phi) is 5.27. The summed E-state index contributed by atoms with van der Waals surface area (Å²) >= 11 is 10.3. The molecule has 2 nitrogen and oxygen atoms in total. The normalized spacial score (nSPS) is 23.1. The van der Waals surface area contributed by atoms with Crippen LogP contribution in [-0.2, 0) is 0 Å². The topological polar surface area (TPSA) is 29.1 Å². The molecule has 2 atom stereocenters. The maximum Gasteiger partial charge on any atom is 0.251 e. The Morgan fingerprint density at radius 1 is 1.22 bits per heavy atom. The predicted octanol–water partition coefficient (Wildman–Crippen LogP) is 4.51. The van der Waals surface area contributed by atoms with Gasteiger partial charge in [0.1, 0.15) is 0 Å². The Morgan fingerprint density at radius 3 is 2.50 bits per heavy atom. The largest absolute Gasteiger partial charge is 0.349 e. The fourth-order valence-electron chi connectivity index (χ4n) is 2.35. The molecule has 1 aromatic rings. The monoisotopic (exact) mass is 437 g/mol. The zero-order valence-electron chi connectivity index (χ0n) is 9.76. The Bertz CT molecular complexity index is 430. The van der Waals surface area contributed by atoms with Crippen molar-refractivity contribution in [2.45, 2.75) is 25.3 Å². The summed E-state index contributed by atoms with van der Waals surface area (Å²) in [7, 11) is 0. The van der Waals surface area contributed by atoms with Crippen molar-refractivity contribution in [2.24, 2.45) is 5.92 Å². The quantitative estimate of drug-likeness (QED) is 0.690. The van der Waals surface area contributed by atoms with Gasteiger partial charge in [-0.15, -0.1) is 0 Å². The van der Waals surface area contributed by atoms with Crippen molar-refractivity contribution in [1.82, 2.24) is 5.32 Å². The lowest BCUT2D eigenvalue weighted by Gasteiger charge is -2.19. The number of hydrogen-bond donors (Lipinski definition) is 1. The van der Waals surface area contributed by atoms with Gasteiger partial charge >= 0.3 is 0 Å². The van der Waals surface area contributed by atoms with E-state index >= 15 is 0 Å². The van der Waals surface area contributed by atoms with Gasteiger partial charge in [-0.2, -0.15) is 0 Å². The second-order valence-corrected chi connectivity index (χ2v) is 7.06. The summed E-state index contributed by atoms with van der Waals surface area (Å²) in [4.78, 5) is 12.2. The van der Waals surface area contributed by atoms with Gasteiger partial charge in [-0.25, -0.2) is 0 Å². The van der Waals surface area contributed by atoms with Crippen LogP contribution in [0.15, 0.2) is 27.1 Å². The van der Waals surface area contributed by atoms with Crippen molar-refractivity contribution in [3.8, 4) is 0 Å². The van der Waals surface area contributed by atoms with Crippen LogP contribution in [-0.4, -0.2) is 17.3 Å². The van der Waals surface area contributed by atoms with Crippen molar-refractivity contribution in [3.63, 3.8) is 0 Å². The molecule has 1 saturated carbocycles. The van der Waals surface area contributed by atoms with Crippen molar-refractivity contribution in [3.05, 3.63) is 32.7 Å². The van der Waals surface area contributed by atoms with E-state index in [0.717, 1.165) is 20.7 Å². The molecule has 1 aromatic carbocycles. The van der Waals surface area contributed by atoms with E-state index in [1.54, 1.807) is 0 Å². The lowest BCUT2D eigenvalue weighted by Crippen LogP contribution is -2.37. The zero-order valence-corrected chi connectivity index (χ0v) is 14.5. The Hall–Kier alpha value is 0.130. The molecule has 0 bridgehead atoms. The second-order valence-electron chi connectivity index (χ2n) is 4.58. The van der Waals surface area contributed by atoms with Crippen molar-refractivity contribution < 1.29 is 4.79 Å². The number of carbonyl (C=O) groups excluding carboxylic acids is 1. The second kappa shape index (κ2) is 6.53. The first-order chi connectivity index (χ1) is 8.60. The molecule has 0 radical (unpaired) electrons. The fraction of sp³-hybridized carbons (Fsp3) is 0.462. The van der Waals surface area contributed by atoms with E-state index in [-0.39, 0.29) is 5.91 Å². The summed E-state index contributed by atoms with van der Waals surface area (Å²) in [6, 6.07) is 5.92. The van der Waals surface area contributed by atoms with Crippen LogP contribution in [0.1, 0.15) is 29.6 Å². The highest BCUT2D eigenvalue weighted by molar-refractivity contribution is 9.11. The van der Waals surface area contributed by atoms with E-state index in [1.807, 2.05) is 18.2 Å². The lowest BCUT2D eigenvalue weighted by atomic mass is 10.1. The number of benzene rings is 1. The minimum absolute atomic E-state index is 0.00912. The smallest absolute Gasteiger partial charge is 0.251 e. The minimum atomic E-state index is 0.00912. The van der Waals surface area contributed by atoms with Crippen LogP contribution in [0.3, 0.4) is 0 Å². The van der Waals surface area contributed by atoms with Crippen LogP contribution < -0.4 is 5.32 Å². The van der Waals surface area contributed by atoms with Crippen LogP contribution in [0.5, 0.6) is 0 Å². The third kappa shape index (κ3) is 3.58. The van der Waals surface area contributed by atoms with Gasteiger partial charge in [-0.05, 0) is 37.0 Å². The van der Waals surface area contributed by atoms with Gasteiger partial charge in [0, 0.05) is 25.9 Å². The summed E-state index contributed by atoms with van der Waals surface area (Å²) < 4.78 is 1.82. The number of carbonyl (C=O) groups is 1. The number of nitrogens with one attached hydrogen (secondary N) is 1. The van der Waals surface area contributed by atoms with E-state index < -0.39 is 0 Å². The summed E-state index contributed by atoms with van der Waals surface area (Å²) in [6.07, 6.45) is 3.47. The molecule has 0 aromatic heterocycles. The summed E-state index contributed by atoms with van der Waals surface area (Å²) in [6.45, 7) is 0. The zero-order chi connectivity index (χ0) is 13.1. The molecule has 98 valence electrons. The van der Waals surface area contributed by atoms with Gasteiger partial charge in [0.25, 0.3) is 5.91 Å². The molecule has 0 aliphatic heterocycles. The molecule has 2 rings (SSSR count). The Morgan fingerprint density at radius 2 is 1.89 bits per heavy atom. The maximum absolute atomic E-state index is 12.2. The third-order valence-corrected chi connectivity index (χ3v) is 5.05. The Balaban J connectivity index is 2.07. The van der Waals surface area contributed by atoms with Gasteiger partial charge in [0.2, 0.25) is 0 Å². The molecule has 5 heteroatoms. The molecular weight excluding hydrogens is 426 g/mol. The van der Waals surface area contributed by atoms with E-state index in [1.165, 1.54) is 12.8 Å². The van der Waals surface area contributed by atoms with Crippen LogP contribution in [0, 0.1) is 5.92 Å². The van der Waals surface area contributed by atoms with E-state index in [9.17, 15) is 4.79 Å². The molecule has 1 amide bonds. The number of rotatable bonds is 3. The Labute approximate surface area is 132 Å². The number of halogens is 3. The van der Waals surface area contributed by atoms with Crippen LogP contribution in [0.25, 0.3) is 0 Å². The first-order valence-corrected chi connectivity index (χ1v) is 8.64. The molecule has 2 unspecified atom stereocenters. The average molecular weight is 440 g/mol. The molecule has 1 fully saturated rings. The van der Waals surface area contributed by atoms with Gasteiger partial charge in [0.05, 0.1) is 0 Å². The summed E-state index contributed by atoms with van der Waals surface area (Å²) in [5, 5.41) is 4.10. The van der Waals surface area contributed by atoms with Gasteiger partial charge < -0.3 is 5.32 Å². The van der Waals surface area contributed by atoms with Crippen molar-refractivity contribution in [1.29, 1.82) is 0 Å². The predicted molar refractivity (Wildman–Crippen MR) is 84.2 cm³/mol. The first kappa shape index (κ1) is 14.5. The van der Waals surface area contributed by atoms with Crippen molar-refractivity contribution in [2.75, 3.05) is 5.33 Å². The van der Waals surface area contributed by atoms with Crippen LogP contribution in [0.4, 0.5) is 0 Å². The average Bonchev–Trinajstić information content (AvgIpc) is 2.75. The standard InChI is InChI=1S/C13H14Br3NO/c14-7-8-2-1-3-12(8)17-13(18)9-4-10(15)6-11(16)5-9/h4-6,8,12H,1-3,7H2,(H,17,18). The molecule has 1 aliphatic carbocycles. The maximum atomic E-state index is 12.2.